The molecule has 0 fully saturated rings. The Balaban J connectivity index is 2.34. The molecule has 0 bridgehead atoms. The van der Waals surface area contributed by atoms with E-state index in [1.54, 1.807) is 12.1 Å². The van der Waals surface area contributed by atoms with Crippen LogP contribution in [-0.4, -0.2) is 9.60 Å². The zero-order valence-electron chi connectivity index (χ0n) is 8.13. The van der Waals surface area contributed by atoms with E-state index in [1.165, 1.54) is 16.8 Å². The third kappa shape index (κ3) is 1.99. The van der Waals surface area contributed by atoms with E-state index in [4.69, 9.17) is 11.6 Å². The molecule has 0 atom stereocenters. The van der Waals surface area contributed by atoms with Gasteiger partial charge in [-0.05, 0) is 28.7 Å². The highest BCUT2D eigenvalue weighted by molar-refractivity contribution is 6.30. The van der Waals surface area contributed by atoms with Gasteiger partial charge in [-0.25, -0.2) is 5.43 Å². The summed E-state index contributed by atoms with van der Waals surface area (Å²) in [6, 6.07) is 11.9. The van der Waals surface area contributed by atoms with Gasteiger partial charge >= 0.3 is 5.82 Å². The average Bonchev–Trinajstić information content (AvgIpc) is 2.62. The molecule has 1 heterocycles. The minimum Gasteiger partial charge on any atom is -0.358 e. The Morgan fingerprint density at radius 1 is 1.19 bits per heavy atom. The molecule has 1 aromatic carbocycles. The van der Waals surface area contributed by atoms with Gasteiger partial charge in [0.25, 0.3) is 0 Å². The highest BCUT2D eigenvalue weighted by Gasteiger charge is 2.17. The van der Waals surface area contributed by atoms with E-state index < -0.39 is 4.92 Å². The maximum Gasteiger partial charge on any atom is 0.347 e. The summed E-state index contributed by atoms with van der Waals surface area (Å²) in [5.41, 5.74) is 3.57. The molecule has 2 aromatic rings. The lowest BCUT2D eigenvalue weighted by Gasteiger charge is -2.05. The molecule has 0 aliphatic heterocycles. The third-order valence-corrected chi connectivity index (χ3v) is 2.31. The first kappa shape index (κ1) is 10.5. The molecule has 16 heavy (non-hydrogen) atoms. The second-order valence-corrected chi connectivity index (χ2v) is 3.47. The lowest BCUT2D eigenvalue weighted by molar-refractivity contribution is -0.391. The van der Waals surface area contributed by atoms with Crippen molar-refractivity contribution in [2.75, 3.05) is 5.43 Å². The van der Waals surface area contributed by atoms with Crippen molar-refractivity contribution in [3.8, 4) is 0 Å². The lowest BCUT2D eigenvalue weighted by atomic mass is 10.3. The zero-order valence-corrected chi connectivity index (χ0v) is 8.89. The first-order valence-electron chi connectivity index (χ1n) is 4.52. The molecular formula is C10H8ClN3O2. The number of hydrogen-bond acceptors (Lipinski definition) is 3. The maximum absolute atomic E-state index is 10.7. The molecule has 0 unspecified atom stereocenters. The Hall–Kier alpha value is -2.01. The van der Waals surface area contributed by atoms with Gasteiger partial charge in [-0.15, -0.1) is 4.68 Å². The molecule has 0 spiro atoms. The predicted molar refractivity (Wildman–Crippen MR) is 61.6 cm³/mol. The topological polar surface area (TPSA) is 60.1 Å². The van der Waals surface area contributed by atoms with E-state index in [-0.39, 0.29) is 11.0 Å². The highest BCUT2D eigenvalue weighted by atomic mass is 35.5. The monoisotopic (exact) mass is 237 g/mol. The van der Waals surface area contributed by atoms with Crippen LogP contribution in [-0.2, 0) is 0 Å². The highest BCUT2D eigenvalue weighted by Crippen LogP contribution is 2.21. The van der Waals surface area contributed by atoms with Gasteiger partial charge in [-0.2, -0.15) is 0 Å². The standard InChI is InChI=1S/C10H8ClN3O2/c11-9-6-7-10(14(15)16)13(9)12-8-4-2-1-3-5-8/h1-7,12H. The minimum atomic E-state index is -0.498. The van der Waals surface area contributed by atoms with Gasteiger partial charge in [0.2, 0.25) is 5.15 Å². The Morgan fingerprint density at radius 2 is 1.88 bits per heavy atom. The number of rotatable bonds is 3. The number of nitro groups is 1. The van der Waals surface area contributed by atoms with Crippen molar-refractivity contribution in [2.45, 2.75) is 0 Å². The van der Waals surface area contributed by atoms with Crippen LogP contribution >= 0.6 is 11.6 Å². The number of nitrogens with one attached hydrogen (secondary N) is 1. The van der Waals surface area contributed by atoms with Crippen LogP contribution in [0.5, 0.6) is 0 Å². The van der Waals surface area contributed by atoms with Crippen molar-refractivity contribution >= 4 is 23.1 Å². The molecule has 0 amide bonds. The molecule has 0 radical (unpaired) electrons. The van der Waals surface area contributed by atoms with E-state index in [0.717, 1.165) is 5.69 Å². The van der Waals surface area contributed by atoms with Crippen molar-refractivity contribution in [2.24, 2.45) is 0 Å². The van der Waals surface area contributed by atoms with Crippen LogP contribution in [0.4, 0.5) is 11.5 Å². The van der Waals surface area contributed by atoms with Gasteiger partial charge < -0.3 is 10.1 Å². The van der Waals surface area contributed by atoms with Crippen molar-refractivity contribution < 1.29 is 4.92 Å². The predicted octanol–water partition coefficient (Wildman–Crippen LogP) is 2.92. The van der Waals surface area contributed by atoms with Crippen LogP contribution in [0.3, 0.4) is 0 Å². The summed E-state index contributed by atoms with van der Waals surface area (Å²) in [5.74, 6) is -0.103. The first-order chi connectivity index (χ1) is 7.68. The van der Waals surface area contributed by atoms with Crippen LogP contribution in [0.2, 0.25) is 5.15 Å². The van der Waals surface area contributed by atoms with Crippen LogP contribution in [0.15, 0.2) is 42.5 Å². The number of hydrogen-bond donors (Lipinski definition) is 1. The zero-order chi connectivity index (χ0) is 11.5. The van der Waals surface area contributed by atoms with Gasteiger partial charge in [0.1, 0.15) is 0 Å². The molecule has 1 aromatic heterocycles. The van der Waals surface area contributed by atoms with E-state index >= 15 is 0 Å². The summed E-state index contributed by atoms with van der Waals surface area (Å²) >= 11 is 5.83. The van der Waals surface area contributed by atoms with Gasteiger partial charge in [-0.3, -0.25) is 0 Å². The van der Waals surface area contributed by atoms with Crippen LogP contribution in [0, 0.1) is 10.1 Å². The molecular weight excluding hydrogens is 230 g/mol. The quantitative estimate of drug-likeness (QED) is 0.660. The minimum absolute atomic E-state index is 0.103. The van der Waals surface area contributed by atoms with Crippen molar-refractivity contribution in [1.29, 1.82) is 0 Å². The molecule has 5 nitrogen and oxygen atoms in total. The fourth-order valence-electron chi connectivity index (χ4n) is 1.30. The van der Waals surface area contributed by atoms with Crippen LogP contribution in [0.1, 0.15) is 0 Å². The summed E-state index contributed by atoms with van der Waals surface area (Å²) in [5, 5.41) is 11.0. The lowest BCUT2D eigenvalue weighted by Crippen LogP contribution is -2.11. The number of halogens is 1. The normalized spacial score (nSPS) is 10.1. The van der Waals surface area contributed by atoms with Crippen molar-refractivity contribution in [3.63, 3.8) is 0 Å². The molecule has 1 N–H and O–H groups in total. The second kappa shape index (κ2) is 4.24. The fraction of sp³-hybridized carbons (Fsp3) is 0. The third-order valence-electron chi connectivity index (χ3n) is 2.01. The Morgan fingerprint density at radius 3 is 2.50 bits per heavy atom. The average molecular weight is 238 g/mol. The first-order valence-corrected chi connectivity index (χ1v) is 4.90. The summed E-state index contributed by atoms with van der Waals surface area (Å²) in [7, 11) is 0. The number of para-hydroxylation sites is 1. The largest absolute Gasteiger partial charge is 0.358 e. The fourth-order valence-corrected chi connectivity index (χ4v) is 1.49. The Bertz CT molecular complexity index is 510. The van der Waals surface area contributed by atoms with Gasteiger partial charge in [0, 0.05) is 12.1 Å². The number of nitrogens with zero attached hydrogens (tertiary/aromatic N) is 2. The summed E-state index contributed by atoms with van der Waals surface area (Å²) in [4.78, 5) is 10.2. The number of anilines is 1. The van der Waals surface area contributed by atoms with E-state index in [0.29, 0.717) is 0 Å². The van der Waals surface area contributed by atoms with Crippen LogP contribution < -0.4 is 5.43 Å². The second-order valence-electron chi connectivity index (χ2n) is 3.08. The Kier molecular flexibility index (Phi) is 2.78. The molecule has 2 rings (SSSR count). The Labute approximate surface area is 96.4 Å². The SMILES string of the molecule is O=[N+]([O-])c1ccc(Cl)n1Nc1ccccc1. The molecule has 0 saturated carbocycles. The van der Waals surface area contributed by atoms with Gasteiger partial charge in [0.15, 0.2) is 0 Å². The van der Waals surface area contributed by atoms with Crippen molar-refractivity contribution in [1.82, 2.24) is 4.68 Å². The molecule has 82 valence electrons. The van der Waals surface area contributed by atoms with E-state index in [9.17, 15) is 10.1 Å². The maximum atomic E-state index is 10.7. The summed E-state index contributed by atoms with van der Waals surface area (Å²) < 4.78 is 1.22. The van der Waals surface area contributed by atoms with Crippen molar-refractivity contribution in [3.05, 3.63) is 57.7 Å². The molecule has 0 aliphatic rings. The number of aromatic nitrogens is 1. The van der Waals surface area contributed by atoms with Gasteiger partial charge in [0.05, 0.1) is 5.69 Å². The van der Waals surface area contributed by atoms with Gasteiger partial charge in [-0.1, -0.05) is 18.2 Å². The summed E-state index contributed by atoms with van der Waals surface area (Å²) in [6.07, 6.45) is 0. The van der Waals surface area contributed by atoms with Crippen LogP contribution in [0.25, 0.3) is 0 Å². The summed E-state index contributed by atoms with van der Waals surface area (Å²) in [6.45, 7) is 0. The molecule has 0 aliphatic carbocycles. The van der Waals surface area contributed by atoms with E-state index in [2.05, 4.69) is 5.43 Å². The molecule has 0 saturated heterocycles. The number of benzene rings is 1. The van der Waals surface area contributed by atoms with E-state index in [1.807, 2.05) is 18.2 Å². The smallest absolute Gasteiger partial charge is 0.347 e. The molecule has 6 heteroatoms.